The van der Waals surface area contributed by atoms with E-state index in [2.05, 4.69) is 22.0 Å². The number of aromatic nitrogens is 1. The number of amides is 1. The summed E-state index contributed by atoms with van der Waals surface area (Å²) in [6.45, 7) is 4.17. The molecular formula is C21H23N3O2. The van der Waals surface area contributed by atoms with Crippen LogP contribution in [0.3, 0.4) is 0 Å². The average Bonchev–Trinajstić information content (AvgIpc) is 3.13. The number of nitrogens with one attached hydrogen (secondary N) is 1. The van der Waals surface area contributed by atoms with Crippen LogP contribution < -0.4 is 0 Å². The minimum Gasteiger partial charge on any atom is -0.392 e. The molecular weight excluding hydrogens is 326 g/mol. The molecule has 2 N–H and O–H groups in total. The number of piperazine rings is 1. The number of rotatable bonds is 4. The fourth-order valence-electron chi connectivity index (χ4n) is 3.48. The van der Waals surface area contributed by atoms with E-state index >= 15 is 0 Å². The van der Waals surface area contributed by atoms with Crippen LogP contribution in [0.4, 0.5) is 0 Å². The summed E-state index contributed by atoms with van der Waals surface area (Å²) >= 11 is 0. The summed E-state index contributed by atoms with van der Waals surface area (Å²) < 4.78 is 0. The number of H-pyrrole nitrogens is 1. The predicted octanol–water partition coefficient (Wildman–Crippen LogP) is 2.62. The van der Waals surface area contributed by atoms with E-state index in [-0.39, 0.29) is 12.5 Å². The number of hydrogen-bond donors (Lipinski definition) is 2. The zero-order valence-electron chi connectivity index (χ0n) is 14.7. The maximum absolute atomic E-state index is 12.8. The predicted molar refractivity (Wildman–Crippen MR) is 102 cm³/mol. The first-order chi connectivity index (χ1) is 12.7. The van der Waals surface area contributed by atoms with Crippen molar-refractivity contribution in [3.63, 3.8) is 0 Å². The topological polar surface area (TPSA) is 59.6 Å². The highest BCUT2D eigenvalue weighted by molar-refractivity contribution is 5.98. The van der Waals surface area contributed by atoms with Crippen molar-refractivity contribution in [2.75, 3.05) is 26.2 Å². The molecule has 134 valence electrons. The van der Waals surface area contributed by atoms with E-state index in [1.807, 2.05) is 47.4 Å². The van der Waals surface area contributed by atoms with Gasteiger partial charge in [0.05, 0.1) is 6.61 Å². The number of aliphatic hydroxyl groups excluding tert-OH is 1. The Labute approximate surface area is 152 Å². The van der Waals surface area contributed by atoms with Gasteiger partial charge in [0.1, 0.15) is 5.69 Å². The third-order valence-electron chi connectivity index (χ3n) is 5.03. The molecule has 0 atom stereocenters. The van der Waals surface area contributed by atoms with E-state index in [1.165, 1.54) is 5.56 Å². The smallest absolute Gasteiger partial charge is 0.270 e. The SMILES string of the molecule is O=C(c1cc2ccccc2[nH]1)N1CCN(Cc2ccc(CO)cc2)CC1. The number of aliphatic hydroxyl groups is 1. The molecule has 0 spiro atoms. The Morgan fingerprint density at radius 1 is 0.962 bits per heavy atom. The van der Waals surface area contributed by atoms with E-state index in [0.717, 1.165) is 49.2 Å². The van der Waals surface area contributed by atoms with Crippen LogP contribution in [-0.2, 0) is 13.2 Å². The molecule has 1 amide bonds. The van der Waals surface area contributed by atoms with Gasteiger partial charge < -0.3 is 15.0 Å². The maximum atomic E-state index is 12.8. The van der Waals surface area contributed by atoms with Crippen LogP contribution in [0, 0.1) is 0 Å². The van der Waals surface area contributed by atoms with Crippen LogP contribution in [0.1, 0.15) is 21.6 Å². The monoisotopic (exact) mass is 349 g/mol. The second-order valence-corrected chi connectivity index (χ2v) is 6.81. The lowest BCUT2D eigenvalue weighted by molar-refractivity contribution is 0.0623. The standard InChI is InChI=1S/C21H23N3O2/c25-15-17-7-5-16(6-8-17)14-23-9-11-24(12-10-23)21(26)20-13-18-3-1-2-4-19(18)22-20/h1-8,13,22,25H,9-12,14-15H2. The number of aromatic amines is 1. The minimum atomic E-state index is 0.0770. The molecule has 1 aromatic heterocycles. The first-order valence-electron chi connectivity index (χ1n) is 9.01. The molecule has 0 aliphatic carbocycles. The molecule has 5 heteroatoms. The Morgan fingerprint density at radius 3 is 2.35 bits per heavy atom. The van der Waals surface area contributed by atoms with Crippen molar-refractivity contribution in [3.05, 3.63) is 71.4 Å². The largest absolute Gasteiger partial charge is 0.392 e. The third-order valence-corrected chi connectivity index (χ3v) is 5.03. The normalized spacial score (nSPS) is 15.5. The van der Waals surface area contributed by atoms with Crippen LogP contribution in [0.25, 0.3) is 10.9 Å². The van der Waals surface area contributed by atoms with Crippen molar-refractivity contribution in [1.82, 2.24) is 14.8 Å². The Morgan fingerprint density at radius 2 is 1.65 bits per heavy atom. The van der Waals surface area contributed by atoms with Gasteiger partial charge in [-0.3, -0.25) is 9.69 Å². The van der Waals surface area contributed by atoms with E-state index in [9.17, 15) is 4.79 Å². The lowest BCUT2D eigenvalue weighted by atomic mass is 10.1. The highest BCUT2D eigenvalue weighted by Gasteiger charge is 2.23. The van der Waals surface area contributed by atoms with Gasteiger partial charge in [0, 0.05) is 43.6 Å². The molecule has 0 saturated carbocycles. The van der Waals surface area contributed by atoms with Crippen LogP contribution in [-0.4, -0.2) is 52.0 Å². The minimum absolute atomic E-state index is 0.0770. The third kappa shape index (κ3) is 3.49. The first-order valence-corrected chi connectivity index (χ1v) is 9.01. The Balaban J connectivity index is 1.35. The van der Waals surface area contributed by atoms with E-state index in [4.69, 9.17) is 5.11 Å². The molecule has 1 fully saturated rings. The number of nitrogens with zero attached hydrogens (tertiary/aromatic N) is 2. The van der Waals surface area contributed by atoms with E-state index in [1.54, 1.807) is 0 Å². The number of benzene rings is 2. The van der Waals surface area contributed by atoms with Crippen LogP contribution >= 0.6 is 0 Å². The van der Waals surface area contributed by atoms with E-state index < -0.39 is 0 Å². The molecule has 26 heavy (non-hydrogen) atoms. The maximum Gasteiger partial charge on any atom is 0.270 e. The lowest BCUT2D eigenvalue weighted by Gasteiger charge is -2.34. The summed E-state index contributed by atoms with van der Waals surface area (Å²) in [5.74, 6) is 0.0770. The lowest BCUT2D eigenvalue weighted by Crippen LogP contribution is -2.48. The second-order valence-electron chi connectivity index (χ2n) is 6.81. The molecule has 1 aliphatic rings. The van der Waals surface area contributed by atoms with Crippen molar-refractivity contribution in [1.29, 1.82) is 0 Å². The van der Waals surface area contributed by atoms with Gasteiger partial charge in [-0.15, -0.1) is 0 Å². The molecule has 2 heterocycles. The number of carbonyl (C=O) groups excluding carboxylic acids is 1. The van der Waals surface area contributed by atoms with Gasteiger partial charge in [0.15, 0.2) is 0 Å². The highest BCUT2D eigenvalue weighted by atomic mass is 16.3. The Hall–Kier alpha value is -2.63. The van der Waals surface area contributed by atoms with Gasteiger partial charge in [-0.1, -0.05) is 42.5 Å². The van der Waals surface area contributed by atoms with Crippen molar-refractivity contribution in [3.8, 4) is 0 Å². The van der Waals surface area contributed by atoms with Crippen molar-refractivity contribution in [2.45, 2.75) is 13.2 Å². The molecule has 3 aromatic rings. The number of hydrogen-bond acceptors (Lipinski definition) is 3. The fraction of sp³-hybridized carbons (Fsp3) is 0.286. The van der Waals surface area contributed by atoms with Gasteiger partial charge in [0.25, 0.3) is 5.91 Å². The summed E-state index contributed by atoms with van der Waals surface area (Å²) in [6, 6.07) is 18.0. The van der Waals surface area contributed by atoms with E-state index in [0.29, 0.717) is 5.69 Å². The van der Waals surface area contributed by atoms with Gasteiger partial charge in [-0.05, 0) is 23.3 Å². The molecule has 0 unspecified atom stereocenters. The molecule has 4 rings (SSSR count). The van der Waals surface area contributed by atoms with Gasteiger partial charge >= 0.3 is 0 Å². The molecule has 1 saturated heterocycles. The molecule has 0 bridgehead atoms. The summed E-state index contributed by atoms with van der Waals surface area (Å²) in [4.78, 5) is 20.3. The molecule has 2 aromatic carbocycles. The number of para-hydroxylation sites is 1. The van der Waals surface area contributed by atoms with Crippen molar-refractivity contribution < 1.29 is 9.90 Å². The summed E-state index contributed by atoms with van der Waals surface area (Å²) in [5.41, 5.74) is 3.83. The summed E-state index contributed by atoms with van der Waals surface area (Å²) in [7, 11) is 0. The van der Waals surface area contributed by atoms with Gasteiger partial charge in [0.2, 0.25) is 0 Å². The first kappa shape index (κ1) is 16.8. The van der Waals surface area contributed by atoms with Crippen LogP contribution in [0.2, 0.25) is 0 Å². The number of carbonyl (C=O) groups is 1. The van der Waals surface area contributed by atoms with Crippen LogP contribution in [0.15, 0.2) is 54.6 Å². The zero-order chi connectivity index (χ0) is 17.9. The Kier molecular flexibility index (Phi) is 4.73. The fourth-order valence-corrected chi connectivity index (χ4v) is 3.48. The zero-order valence-corrected chi connectivity index (χ0v) is 14.7. The highest BCUT2D eigenvalue weighted by Crippen LogP contribution is 2.17. The average molecular weight is 349 g/mol. The number of fused-ring (bicyclic) bond motifs is 1. The second kappa shape index (κ2) is 7.32. The van der Waals surface area contributed by atoms with Crippen molar-refractivity contribution in [2.24, 2.45) is 0 Å². The molecule has 0 radical (unpaired) electrons. The van der Waals surface area contributed by atoms with Crippen LogP contribution in [0.5, 0.6) is 0 Å². The molecule has 1 aliphatic heterocycles. The van der Waals surface area contributed by atoms with Crippen molar-refractivity contribution >= 4 is 16.8 Å². The quantitative estimate of drug-likeness (QED) is 0.761. The summed E-state index contributed by atoms with van der Waals surface area (Å²) in [6.07, 6.45) is 0. The summed E-state index contributed by atoms with van der Waals surface area (Å²) in [5, 5.41) is 10.2. The van der Waals surface area contributed by atoms with Gasteiger partial charge in [-0.25, -0.2) is 0 Å². The molecule has 5 nitrogen and oxygen atoms in total. The Bertz CT molecular complexity index is 860. The van der Waals surface area contributed by atoms with Gasteiger partial charge in [-0.2, -0.15) is 0 Å².